The van der Waals surface area contributed by atoms with Gasteiger partial charge in [-0.2, -0.15) is 5.26 Å². The molecule has 0 N–H and O–H groups in total. The average Bonchev–Trinajstić information content (AvgIpc) is 2.80. The Bertz CT molecular complexity index is 636. The fourth-order valence-electron chi connectivity index (χ4n) is 6.14. The molecule has 0 atom stereocenters. The number of hydrogen-bond acceptors (Lipinski definition) is 1. The van der Waals surface area contributed by atoms with Gasteiger partial charge in [0.1, 0.15) is 0 Å². The first-order chi connectivity index (χ1) is 14.7. The Labute approximate surface area is 186 Å². The van der Waals surface area contributed by atoms with E-state index in [2.05, 4.69) is 44.2 Å². The van der Waals surface area contributed by atoms with Gasteiger partial charge in [0.15, 0.2) is 0 Å². The Morgan fingerprint density at radius 1 is 0.767 bits per heavy atom. The van der Waals surface area contributed by atoms with Gasteiger partial charge in [-0.1, -0.05) is 83.1 Å². The number of hydrogen-bond donors (Lipinski definition) is 0. The molecule has 1 aromatic carbocycles. The summed E-state index contributed by atoms with van der Waals surface area (Å²) in [5.41, 5.74) is 3.07. The fraction of sp³-hybridized carbons (Fsp3) is 0.759. The largest absolute Gasteiger partial charge is 0.198 e. The number of rotatable bonds is 10. The summed E-state index contributed by atoms with van der Waals surface area (Å²) in [6.45, 7) is 4.56. The predicted molar refractivity (Wildman–Crippen MR) is 129 cm³/mol. The Hall–Kier alpha value is -1.29. The molecule has 2 aliphatic rings. The highest BCUT2D eigenvalue weighted by atomic mass is 14.4. The van der Waals surface area contributed by atoms with Crippen molar-refractivity contribution in [2.75, 3.05) is 0 Å². The molecule has 166 valence electrons. The summed E-state index contributed by atoms with van der Waals surface area (Å²) in [7, 11) is 0. The van der Waals surface area contributed by atoms with Crippen LogP contribution in [0.3, 0.4) is 0 Å². The van der Waals surface area contributed by atoms with Crippen LogP contribution in [0, 0.1) is 22.7 Å². The quantitative estimate of drug-likeness (QED) is 0.354. The van der Waals surface area contributed by atoms with E-state index >= 15 is 0 Å². The van der Waals surface area contributed by atoms with Crippen molar-refractivity contribution in [3.63, 3.8) is 0 Å². The van der Waals surface area contributed by atoms with Crippen LogP contribution in [-0.2, 0) is 0 Å². The van der Waals surface area contributed by atoms with Crippen molar-refractivity contribution in [2.45, 2.75) is 128 Å². The van der Waals surface area contributed by atoms with Gasteiger partial charge in [-0.3, -0.25) is 0 Å². The Kier molecular flexibility index (Phi) is 9.29. The molecule has 1 nitrogen and oxygen atoms in total. The van der Waals surface area contributed by atoms with Crippen LogP contribution in [0.1, 0.15) is 140 Å². The SMILES string of the molecule is CCCCCC1CCC(c2ccc(C3CCC(C#N)(CCCCC)CC3)cc2)CC1. The minimum absolute atomic E-state index is 0.0264. The molecular weight excluding hydrogens is 362 g/mol. The Morgan fingerprint density at radius 2 is 1.30 bits per heavy atom. The summed E-state index contributed by atoms with van der Waals surface area (Å²) in [5.74, 6) is 2.45. The molecule has 0 aliphatic heterocycles. The molecule has 1 heteroatoms. The molecule has 3 rings (SSSR count). The molecule has 0 bridgehead atoms. The molecule has 2 fully saturated rings. The molecule has 2 aliphatic carbocycles. The van der Waals surface area contributed by atoms with Gasteiger partial charge < -0.3 is 0 Å². The number of nitrogens with zero attached hydrogens (tertiary/aromatic N) is 1. The molecule has 30 heavy (non-hydrogen) atoms. The topological polar surface area (TPSA) is 23.8 Å². The smallest absolute Gasteiger partial charge is 0.0689 e. The van der Waals surface area contributed by atoms with E-state index in [1.807, 2.05) is 0 Å². The van der Waals surface area contributed by atoms with Gasteiger partial charge in [0, 0.05) is 0 Å². The number of unbranched alkanes of at least 4 members (excludes halogenated alkanes) is 4. The third-order valence-electron chi connectivity index (χ3n) is 8.38. The molecule has 0 unspecified atom stereocenters. The lowest BCUT2D eigenvalue weighted by Crippen LogP contribution is -2.25. The van der Waals surface area contributed by atoms with E-state index < -0.39 is 0 Å². The van der Waals surface area contributed by atoms with E-state index in [9.17, 15) is 5.26 Å². The maximum Gasteiger partial charge on any atom is 0.0689 e. The van der Waals surface area contributed by atoms with Crippen LogP contribution < -0.4 is 0 Å². The molecule has 0 amide bonds. The first-order valence-electron chi connectivity index (χ1n) is 13.2. The van der Waals surface area contributed by atoms with Crippen molar-refractivity contribution in [3.05, 3.63) is 35.4 Å². The van der Waals surface area contributed by atoms with Crippen molar-refractivity contribution >= 4 is 0 Å². The molecule has 2 saturated carbocycles. The van der Waals surface area contributed by atoms with Gasteiger partial charge in [-0.15, -0.1) is 0 Å². The molecule has 0 radical (unpaired) electrons. The summed E-state index contributed by atoms with van der Waals surface area (Å²) in [6.07, 6.45) is 20.8. The highest BCUT2D eigenvalue weighted by Crippen LogP contribution is 2.46. The zero-order chi connectivity index (χ0) is 21.2. The van der Waals surface area contributed by atoms with Gasteiger partial charge in [-0.25, -0.2) is 0 Å². The third-order valence-corrected chi connectivity index (χ3v) is 8.38. The standard InChI is InChI=1S/C29H45N/c1-3-5-7-9-24-10-12-25(13-11-24)26-14-16-27(17-15-26)28-18-21-29(23-30,22-19-28)20-8-6-4-2/h14-17,24-25,28H,3-13,18-22H2,1-2H3. The van der Waals surface area contributed by atoms with Gasteiger partial charge >= 0.3 is 0 Å². The van der Waals surface area contributed by atoms with Gasteiger partial charge in [-0.05, 0) is 86.7 Å². The maximum absolute atomic E-state index is 9.81. The van der Waals surface area contributed by atoms with Gasteiger partial charge in [0.2, 0.25) is 0 Å². The van der Waals surface area contributed by atoms with E-state index in [1.54, 1.807) is 5.56 Å². The molecule has 1 aromatic rings. The van der Waals surface area contributed by atoms with E-state index in [0.29, 0.717) is 5.92 Å². The van der Waals surface area contributed by atoms with Crippen molar-refractivity contribution < 1.29 is 0 Å². The second-order valence-electron chi connectivity index (χ2n) is 10.5. The monoisotopic (exact) mass is 407 g/mol. The lowest BCUT2D eigenvalue weighted by Gasteiger charge is -2.35. The minimum Gasteiger partial charge on any atom is -0.198 e. The lowest BCUT2D eigenvalue weighted by atomic mass is 9.67. The van der Waals surface area contributed by atoms with Crippen molar-refractivity contribution in [1.29, 1.82) is 5.26 Å². The van der Waals surface area contributed by atoms with Crippen LogP contribution >= 0.6 is 0 Å². The average molecular weight is 408 g/mol. The summed E-state index contributed by atoms with van der Waals surface area (Å²) >= 11 is 0. The molecule has 0 heterocycles. The fourth-order valence-corrected chi connectivity index (χ4v) is 6.14. The van der Waals surface area contributed by atoms with Crippen LogP contribution in [0.2, 0.25) is 0 Å². The van der Waals surface area contributed by atoms with Crippen molar-refractivity contribution in [1.82, 2.24) is 0 Å². The minimum atomic E-state index is -0.0264. The van der Waals surface area contributed by atoms with E-state index in [1.165, 1.54) is 89.0 Å². The van der Waals surface area contributed by atoms with Crippen molar-refractivity contribution in [3.8, 4) is 6.07 Å². The molecular formula is C29H45N. The lowest BCUT2D eigenvalue weighted by molar-refractivity contribution is 0.223. The summed E-state index contributed by atoms with van der Waals surface area (Å²) < 4.78 is 0. The predicted octanol–water partition coefficient (Wildman–Crippen LogP) is 9.29. The second-order valence-corrected chi connectivity index (χ2v) is 10.5. The van der Waals surface area contributed by atoms with Crippen LogP contribution in [0.15, 0.2) is 24.3 Å². The van der Waals surface area contributed by atoms with Crippen LogP contribution in [0.25, 0.3) is 0 Å². The van der Waals surface area contributed by atoms with Gasteiger partial charge in [0.25, 0.3) is 0 Å². The highest BCUT2D eigenvalue weighted by molar-refractivity contribution is 5.29. The first kappa shape index (κ1) is 23.4. The number of nitriles is 1. The molecule has 0 aromatic heterocycles. The Morgan fingerprint density at radius 3 is 1.83 bits per heavy atom. The van der Waals surface area contributed by atoms with Crippen molar-refractivity contribution in [2.24, 2.45) is 11.3 Å². The third kappa shape index (κ3) is 6.35. The van der Waals surface area contributed by atoms with E-state index in [4.69, 9.17) is 0 Å². The zero-order valence-electron chi connectivity index (χ0n) is 19.8. The summed E-state index contributed by atoms with van der Waals surface area (Å²) in [5, 5.41) is 9.81. The van der Waals surface area contributed by atoms with Crippen LogP contribution in [0.4, 0.5) is 0 Å². The highest BCUT2D eigenvalue weighted by Gasteiger charge is 2.35. The van der Waals surface area contributed by atoms with E-state index in [-0.39, 0.29) is 5.41 Å². The summed E-state index contributed by atoms with van der Waals surface area (Å²) in [4.78, 5) is 0. The maximum atomic E-state index is 9.81. The molecule has 0 spiro atoms. The zero-order valence-corrected chi connectivity index (χ0v) is 19.8. The second kappa shape index (κ2) is 11.9. The number of benzene rings is 1. The van der Waals surface area contributed by atoms with Gasteiger partial charge in [0.05, 0.1) is 11.5 Å². The van der Waals surface area contributed by atoms with Crippen LogP contribution in [0.5, 0.6) is 0 Å². The summed E-state index contributed by atoms with van der Waals surface area (Å²) in [6, 6.07) is 12.4. The van der Waals surface area contributed by atoms with Crippen LogP contribution in [-0.4, -0.2) is 0 Å². The molecule has 0 saturated heterocycles. The first-order valence-corrected chi connectivity index (χ1v) is 13.2. The van der Waals surface area contributed by atoms with E-state index in [0.717, 1.165) is 31.1 Å². The Balaban J connectivity index is 1.47. The normalized spacial score (nSPS) is 29.4.